The molecule has 0 aliphatic carbocycles. The van der Waals surface area contributed by atoms with Crippen LogP contribution >= 0.6 is 12.6 Å². The van der Waals surface area contributed by atoms with Crippen molar-refractivity contribution in [3.8, 4) is 17.3 Å². The molecule has 0 spiro atoms. The van der Waals surface area contributed by atoms with E-state index in [0.29, 0.717) is 39.8 Å². The SMILES string of the molecule is CCCCOc1ncc(S)cc1-c1nc2c(CC)n(C3CN(CC)C3)nc2c(=O)[nH]1. The number of likely N-dealkylation sites (tertiary alicyclic amines) is 1. The number of ether oxygens (including phenoxy) is 1. The van der Waals surface area contributed by atoms with Crippen LogP contribution in [0.5, 0.6) is 5.88 Å². The van der Waals surface area contributed by atoms with Crippen molar-refractivity contribution in [2.75, 3.05) is 26.2 Å². The fourth-order valence-electron chi connectivity index (χ4n) is 3.79. The minimum Gasteiger partial charge on any atom is -0.477 e. The van der Waals surface area contributed by atoms with Crippen molar-refractivity contribution in [1.29, 1.82) is 0 Å². The van der Waals surface area contributed by atoms with Gasteiger partial charge in [-0.2, -0.15) is 5.10 Å². The number of thiol groups is 1. The van der Waals surface area contributed by atoms with E-state index in [-0.39, 0.29) is 11.6 Å². The summed E-state index contributed by atoms with van der Waals surface area (Å²) in [5.41, 5.74) is 2.40. The second kappa shape index (κ2) is 8.77. The molecule has 0 radical (unpaired) electrons. The third kappa shape index (κ3) is 3.83. The smallest absolute Gasteiger partial charge is 0.279 e. The van der Waals surface area contributed by atoms with Gasteiger partial charge in [0.1, 0.15) is 11.3 Å². The van der Waals surface area contributed by atoms with E-state index in [9.17, 15) is 4.79 Å². The lowest BCUT2D eigenvalue weighted by atomic mass is 10.1. The molecule has 9 heteroatoms. The first-order chi connectivity index (χ1) is 14.5. The van der Waals surface area contributed by atoms with E-state index in [4.69, 9.17) is 9.72 Å². The number of likely N-dealkylation sites (N-methyl/N-ethyl adjacent to an activating group) is 1. The van der Waals surface area contributed by atoms with Crippen molar-refractivity contribution >= 4 is 23.7 Å². The molecule has 3 aromatic heterocycles. The van der Waals surface area contributed by atoms with Crippen molar-refractivity contribution in [3.05, 3.63) is 28.3 Å². The number of pyridine rings is 1. The number of unbranched alkanes of at least 4 members (excludes halogenated alkanes) is 1. The van der Waals surface area contributed by atoms with Crippen molar-refractivity contribution in [2.24, 2.45) is 0 Å². The van der Waals surface area contributed by atoms with Gasteiger partial charge in [0.2, 0.25) is 5.88 Å². The molecule has 1 fully saturated rings. The monoisotopic (exact) mass is 428 g/mol. The van der Waals surface area contributed by atoms with Gasteiger partial charge in [0.05, 0.1) is 23.9 Å². The Morgan fingerprint density at radius 1 is 1.27 bits per heavy atom. The zero-order chi connectivity index (χ0) is 21.3. The third-order valence-corrected chi connectivity index (χ3v) is 5.79. The summed E-state index contributed by atoms with van der Waals surface area (Å²) in [6.07, 6.45) is 4.34. The number of aromatic amines is 1. The minimum atomic E-state index is -0.251. The highest BCUT2D eigenvalue weighted by Gasteiger charge is 2.30. The first-order valence-electron chi connectivity index (χ1n) is 10.6. The first-order valence-corrected chi connectivity index (χ1v) is 11.1. The Morgan fingerprint density at radius 3 is 2.77 bits per heavy atom. The molecule has 30 heavy (non-hydrogen) atoms. The van der Waals surface area contributed by atoms with Gasteiger partial charge in [0, 0.05) is 24.2 Å². The minimum absolute atomic E-state index is 0.251. The Balaban J connectivity index is 1.78. The molecule has 1 aliphatic rings. The van der Waals surface area contributed by atoms with Crippen LogP contribution in [-0.2, 0) is 6.42 Å². The van der Waals surface area contributed by atoms with Gasteiger partial charge >= 0.3 is 0 Å². The van der Waals surface area contributed by atoms with Gasteiger partial charge in [0.15, 0.2) is 5.52 Å². The van der Waals surface area contributed by atoms with Gasteiger partial charge in [-0.25, -0.2) is 9.97 Å². The molecule has 4 rings (SSSR count). The lowest BCUT2D eigenvalue weighted by Gasteiger charge is -2.39. The Morgan fingerprint density at radius 2 is 2.07 bits per heavy atom. The van der Waals surface area contributed by atoms with Crippen LogP contribution in [-0.4, -0.2) is 55.9 Å². The molecule has 1 aliphatic heterocycles. The molecule has 160 valence electrons. The zero-order valence-electron chi connectivity index (χ0n) is 17.7. The highest BCUT2D eigenvalue weighted by Crippen LogP contribution is 2.30. The molecule has 4 heterocycles. The number of nitrogens with zero attached hydrogens (tertiary/aromatic N) is 5. The molecule has 0 bridgehead atoms. The maximum absolute atomic E-state index is 12.9. The van der Waals surface area contributed by atoms with Gasteiger partial charge in [-0.15, -0.1) is 12.6 Å². The number of H-pyrrole nitrogens is 1. The Kier molecular flexibility index (Phi) is 6.10. The molecule has 0 unspecified atom stereocenters. The predicted octanol–water partition coefficient (Wildman–Crippen LogP) is 3.09. The van der Waals surface area contributed by atoms with E-state index in [1.54, 1.807) is 6.20 Å². The maximum Gasteiger partial charge on any atom is 0.279 e. The second-order valence-corrected chi connectivity index (χ2v) is 8.13. The largest absolute Gasteiger partial charge is 0.477 e. The molecule has 3 aromatic rings. The van der Waals surface area contributed by atoms with E-state index in [1.807, 2.05) is 10.7 Å². The van der Waals surface area contributed by atoms with Gasteiger partial charge in [-0.05, 0) is 25.5 Å². The summed E-state index contributed by atoms with van der Waals surface area (Å²) in [5.74, 6) is 0.882. The highest BCUT2D eigenvalue weighted by molar-refractivity contribution is 7.80. The average molecular weight is 429 g/mol. The summed E-state index contributed by atoms with van der Waals surface area (Å²) in [6.45, 7) is 9.80. The lowest BCUT2D eigenvalue weighted by molar-refractivity contribution is 0.104. The number of aromatic nitrogens is 5. The summed E-state index contributed by atoms with van der Waals surface area (Å²) in [6, 6.07) is 2.11. The van der Waals surface area contributed by atoms with Crippen LogP contribution in [0.3, 0.4) is 0 Å². The van der Waals surface area contributed by atoms with Gasteiger partial charge in [-0.3, -0.25) is 14.4 Å². The summed E-state index contributed by atoms with van der Waals surface area (Å²) < 4.78 is 7.85. The fourth-order valence-corrected chi connectivity index (χ4v) is 3.98. The Bertz CT molecular complexity index is 1100. The van der Waals surface area contributed by atoms with Crippen LogP contribution < -0.4 is 10.3 Å². The van der Waals surface area contributed by atoms with Crippen molar-refractivity contribution < 1.29 is 4.74 Å². The molecular formula is C21H28N6O2S. The van der Waals surface area contributed by atoms with Gasteiger partial charge < -0.3 is 9.72 Å². The second-order valence-electron chi connectivity index (χ2n) is 7.61. The number of aryl methyl sites for hydroxylation is 1. The quantitative estimate of drug-likeness (QED) is 0.423. The van der Waals surface area contributed by atoms with Crippen molar-refractivity contribution in [1.82, 2.24) is 29.6 Å². The average Bonchev–Trinajstić information content (AvgIpc) is 3.07. The van der Waals surface area contributed by atoms with Crippen molar-refractivity contribution in [2.45, 2.75) is 51.0 Å². The summed E-state index contributed by atoms with van der Waals surface area (Å²) in [5, 5.41) is 4.63. The lowest BCUT2D eigenvalue weighted by Crippen LogP contribution is -2.48. The molecule has 8 nitrogen and oxygen atoms in total. The van der Waals surface area contributed by atoms with Gasteiger partial charge in [0.25, 0.3) is 5.56 Å². The molecule has 1 N–H and O–H groups in total. The topological polar surface area (TPSA) is 88.9 Å². The van der Waals surface area contributed by atoms with Crippen LogP contribution in [0.2, 0.25) is 0 Å². The fraction of sp³-hybridized carbons (Fsp3) is 0.524. The van der Waals surface area contributed by atoms with Crippen LogP contribution in [0.4, 0.5) is 0 Å². The molecule has 0 saturated carbocycles. The van der Waals surface area contributed by atoms with E-state index >= 15 is 0 Å². The highest BCUT2D eigenvalue weighted by atomic mass is 32.1. The standard InChI is InChI=1S/C21H28N6O2S/c1-4-7-8-29-21-15(9-14(30)10-22-21)19-23-17-16(5-2)27(13-11-26(6-3)12-13)25-18(17)20(28)24-19/h9-10,13,30H,4-8,11-12H2,1-3H3,(H,23,24,28). The number of hydrogen-bond acceptors (Lipinski definition) is 7. The van der Waals surface area contributed by atoms with E-state index in [1.165, 1.54) is 0 Å². The van der Waals surface area contributed by atoms with Crippen LogP contribution in [0.15, 0.2) is 22.0 Å². The summed E-state index contributed by atoms with van der Waals surface area (Å²) in [7, 11) is 0. The third-order valence-electron chi connectivity index (χ3n) is 5.55. The first kappa shape index (κ1) is 20.9. The molecule has 0 amide bonds. The number of hydrogen-bond donors (Lipinski definition) is 2. The molecule has 1 saturated heterocycles. The van der Waals surface area contributed by atoms with E-state index in [0.717, 1.165) is 44.6 Å². The Labute approximate surface area is 181 Å². The Hall–Kier alpha value is -2.39. The van der Waals surface area contributed by atoms with Crippen LogP contribution in [0, 0.1) is 0 Å². The number of fused-ring (bicyclic) bond motifs is 1. The maximum atomic E-state index is 12.9. The van der Waals surface area contributed by atoms with Gasteiger partial charge in [-0.1, -0.05) is 27.2 Å². The zero-order valence-corrected chi connectivity index (χ0v) is 18.6. The van der Waals surface area contributed by atoms with Crippen LogP contribution in [0.1, 0.15) is 45.3 Å². The number of nitrogens with one attached hydrogen (secondary N) is 1. The molecular weight excluding hydrogens is 400 g/mol. The van der Waals surface area contributed by atoms with E-state index in [2.05, 4.69) is 53.4 Å². The summed E-state index contributed by atoms with van der Waals surface area (Å²) >= 11 is 4.41. The normalized spacial score (nSPS) is 14.9. The van der Waals surface area contributed by atoms with E-state index < -0.39 is 0 Å². The van der Waals surface area contributed by atoms with Crippen LogP contribution in [0.25, 0.3) is 22.4 Å². The molecule has 0 aromatic carbocycles. The summed E-state index contributed by atoms with van der Waals surface area (Å²) in [4.78, 5) is 28.0. The number of rotatable bonds is 8. The molecule has 0 atom stereocenters. The predicted molar refractivity (Wildman–Crippen MR) is 120 cm³/mol. The van der Waals surface area contributed by atoms with Crippen molar-refractivity contribution in [3.63, 3.8) is 0 Å².